The maximum Gasteiger partial charge on any atom is 0.417 e. The van der Waals surface area contributed by atoms with Gasteiger partial charge < -0.3 is 4.74 Å². The largest absolute Gasteiger partial charge is 0.449 e. The number of hydrogen-bond donors (Lipinski definition) is 0. The second-order valence-corrected chi connectivity index (χ2v) is 4.23. The molecule has 19 heavy (non-hydrogen) atoms. The van der Waals surface area contributed by atoms with Crippen molar-refractivity contribution in [2.75, 3.05) is 6.61 Å². The van der Waals surface area contributed by atoms with E-state index in [2.05, 4.69) is 16.2 Å². The lowest BCUT2D eigenvalue weighted by Gasteiger charge is -1.98. The van der Waals surface area contributed by atoms with Gasteiger partial charge in [-0.15, -0.1) is 0 Å². The summed E-state index contributed by atoms with van der Waals surface area (Å²) in [5.74, 6) is 0.401. The summed E-state index contributed by atoms with van der Waals surface area (Å²) in [6.07, 6.45) is 2.21. The zero-order valence-corrected chi connectivity index (χ0v) is 10.9. The van der Waals surface area contributed by atoms with Crippen molar-refractivity contribution in [1.29, 1.82) is 5.26 Å². The Morgan fingerprint density at radius 1 is 1.32 bits per heavy atom. The van der Waals surface area contributed by atoms with Gasteiger partial charge in [-0.25, -0.2) is 0 Å². The predicted octanol–water partition coefficient (Wildman–Crippen LogP) is 3.46. The molecule has 0 saturated heterocycles. The van der Waals surface area contributed by atoms with Crippen molar-refractivity contribution >= 4 is 11.6 Å². The lowest BCUT2D eigenvalue weighted by atomic mass is 10.2. The zero-order valence-electron chi connectivity index (χ0n) is 10.2. The fourth-order valence-electron chi connectivity index (χ4n) is 1.49. The Labute approximate surface area is 115 Å². The molecule has 0 saturated carbocycles. The fourth-order valence-corrected chi connectivity index (χ4v) is 1.71. The topological polar surface area (TPSA) is 71.9 Å². The Kier molecular flexibility index (Phi) is 4.76. The molecule has 0 radical (unpaired) electrons. The van der Waals surface area contributed by atoms with Crippen LogP contribution in [0.5, 0.6) is 6.08 Å². The van der Waals surface area contributed by atoms with Crippen LogP contribution in [0, 0.1) is 11.3 Å². The molecule has 0 N–H and O–H groups in total. The van der Waals surface area contributed by atoms with E-state index in [4.69, 9.17) is 26.1 Å². The highest BCUT2D eigenvalue weighted by atomic mass is 35.5. The molecular formula is C13H12ClN3O2. The van der Waals surface area contributed by atoms with Gasteiger partial charge in [0.25, 0.3) is 0 Å². The molecule has 0 aliphatic rings. The van der Waals surface area contributed by atoms with Crippen LogP contribution < -0.4 is 4.74 Å². The van der Waals surface area contributed by atoms with Gasteiger partial charge in [-0.05, 0) is 25.0 Å². The molecule has 5 nitrogen and oxygen atoms in total. The summed E-state index contributed by atoms with van der Waals surface area (Å²) in [4.78, 5) is 4.11. The quantitative estimate of drug-likeness (QED) is 0.756. The third-order valence-electron chi connectivity index (χ3n) is 2.43. The molecule has 0 amide bonds. The van der Waals surface area contributed by atoms with E-state index in [0.29, 0.717) is 29.4 Å². The maximum absolute atomic E-state index is 8.39. The molecule has 1 heterocycles. The third-order valence-corrected chi connectivity index (χ3v) is 2.76. The van der Waals surface area contributed by atoms with Gasteiger partial charge in [0.2, 0.25) is 5.82 Å². The van der Waals surface area contributed by atoms with Crippen molar-refractivity contribution in [3.05, 3.63) is 29.3 Å². The zero-order chi connectivity index (χ0) is 13.5. The maximum atomic E-state index is 8.39. The smallest absolute Gasteiger partial charge is 0.417 e. The van der Waals surface area contributed by atoms with Gasteiger partial charge in [0.05, 0.1) is 17.7 Å². The molecule has 0 bridgehead atoms. The number of nitriles is 1. The van der Waals surface area contributed by atoms with E-state index in [1.54, 1.807) is 6.07 Å². The monoisotopic (exact) mass is 277 g/mol. The Hall–Kier alpha value is -2.06. The molecule has 0 fully saturated rings. The number of halogens is 1. The van der Waals surface area contributed by atoms with Gasteiger partial charge >= 0.3 is 6.08 Å². The van der Waals surface area contributed by atoms with Gasteiger partial charge in [-0.1, -0.05) is 28.9 Å². The van der Waals surface area contributed by atoms with E-state index in [0.717, 1.165) is 12.8 Å². The van der Waals surface area contributed by atoms with Gasteiger partial charge in [0, 0.05) is 12.0 Å². The number of ether oxygens (including phenoxy) is 1. The predicted molar refractivity (Wildman–Crippen MR) is 69.7 cm³/mol. The number of unbranched alkanes of at least 4 members (excludes halogenated alkanes) is 2. The SMILES string of the molecule is N#CCCCCOc1nc(-c2ccccc2Cl)no1. The molecule has 0 unspecified atom stereocenters. The van der Waals surface area contributed by atoms with Crippen molar-refractivity contribution < 1.29 is 9.26 Å². The molecule has 2 aromatic rings. The highest BCUT2D eigenvalue weighted by Gasteiger charge is 2.11. The number of hydrogen-bond acceptors (Lipinski definition) is 5. The van der Waals surface area contributed by atoms with E-state index < -0.39 is 0 Å². The Morgan fingerprint density at radius 2 is 2.16 bits per heavy atom. The van der Waals surface area contributed by atoms with Crippen molar-refractivity contribution in [3.8, 4) is 23.5 Å². The third kappa shape index (κ3) is 3.70. The minimum Gasteiger partial charge on any atom is -0.449 e. The molecule has 1 aromatic carbocycles. The summed E-state index contributed by atoms with van der Waals surface area (Å²) >= 11 is 6.04. The Bertz CT molecular complexity index is 577. The van der Waals surface area contributed by atoms with Crippen LogP contribution in [0.25, 0.3) is 11.4 Å². The highest BCUT2D eigenvalue weighted by Crippen LogP contribution is 2.26. The van der Waals surface area contributed by atoms with Crippen molar-refractivity contribution in [2.24, 2.45) is 0 Å². The Morgan fingerprint density at radius 3 is 2.95 bits per heavy atom. The normalized spacial score (nSPS) is 10.1. The summed E-state index contributed by atoms with van der Waals surface area (Å²) in [6.45, 7) is 0.450. The van der Waals surface area contributed by atoms with Crippen LogP contribution in [0.15, 0.2) is 28.8 Å². The molecule has 0 spiro atoms. The molecule has 0 aliphatic carbocycles. The molecule has 98 valence electrons. The van der Waals surface area contributed by atoms with Crippen molar-refractivity contribution in [2.45, 2.75) is 19.3 Å². The van der Waals surface area contributed by atoms with Gasteiger partial charge in [-0.2, -0.15) is 10.2 Å². The van der Waals surface area contributed by atoms with Crippen LogP contribution >= 0.6 is 11.6 Å². The minimum absolute atomic E-state index is 0.117. The molecule has 0 aliphatic heterocycles. The standard InChI is InChI=1S/C13H12ClN3O2/c14-11-7-3-2-6-10(11)12-16-13(19-17-12)18-9-5-1-4-8-15/h2-3,6-7H,1,4-5,9H2. The first-order chi connectivity index (χ1) is 9.31. The first-order valence-corrected chi connectivity index (χ1v) is 6.27. The van der Waals surface area contributed by atoms with Crippen LogP contribution in [-0.4, -0.2) is 16.7 Å². The average molecular weight is 278 g/mol. The van der Waals surface area contributed by atoms with Gasteiger partial charge in [0.1, 0.15) is 0 Å². The van der Waals surface area contributed by atoms with E-state index in [-0.39, 0.29) is 6.08 Å². The summed E-state index contributed by atoms with van der Waals surface area (Å²) < 4.78 is 10.3. The molecular weight excluding hydrogens is 266 g/mol. The first kappa shape index (κ1) is 13.4. The van der Waals surface area contributed by atoms with Crippen LogP contribution in [0.4, 0.5) is 0 Å². The van der Waals surface area contributed by atoms with E-state index in [1.807, 2.05) is 18.2 Å². The fraction of sp³-hybridized carbons (Fsp3) is 0.308. The van der Waals surface area contributed by atoms with Crippen LogP contribution in [0.2, 0.25) is 5.02 Å². The number of rotatable bonds is 6. The van der Waals surface area contributed by atoms with Crippen molar-refractivity contribution in [3.63, 3.8) is 0 Å². The number of aromatic nitrogens is 2. The summed E-state index contributed by atoms with van der Waals surface area (Å²) in [7, 11) is 0. The van der Waals surface area contributed by atoms with Crippen LogP contribution in [0.1, 0.15) is 19.3 Å². The summed E-state index contributed by atoms with van der Waals surface area (Å²) in [5, 5.41) is 12.8. The van der Waals surface area contributed by atoms with Crippen LogP contribution in [-0.2, 0) is 0 Å². The lowest BCUT2D eigenvalue weighted by Crippen LogP contribution is -1.97. The van der Waals surface area contributed by atoms with Gasteiger partial charge in [0.15, 0.2) is 0 Å². The second kappa shape index (κ2) is 6.76. The number of benzene rings is 1. The van der Waals surface area contributed by atoms with Crippen molar-refractivity contribution in [1.82, 2.24) is 10.1 Å². The lowest BCUT2D eigenvalue weighted by molar-refractivity contribution is 0.200. The number of nitrogens with zero attached hydrogens (tertiary/aromatic N) is 3. The molecule has 2 rings (SSSR count). The van der Waals surface area contributed by atoms with Crippen LogP contribution in [0.3, 0.4) is 0 Å². The minimum atomic E-state index is 0.117. The van der Waals surface area contributed by atoms with Gasteiger partial charge in [-0.3, -0.25) is 4.52 Å². The summed E-state index contributed by atoms with van der Waals surface area (Å²) in [5.41, 5.74) is 0.701. The average Bonchev–Trinajstić information content (AvgIpc) is 2.88. The highest BCUT2D eigenvalue weighted by molar-refractivity contribution is 6.33. The van der Waals surface area contributed by atoms with E-state index >= 15 is 0 Å². The second-order valence-electron chi connectivity index (χ2n) is 3.83. The molecule has 1 aromatic heterocycles. The first-order valence-electron chi connectivity index (χ1n) is 5.89. The van der Waals surface area contributed by atoms with E-state index in [9.17, 15) is 0 Å². The summed E-state index contributed by atoms with van der Waals surface area (Å²) in [6, 6.07) is 9.32. The molecule has 6 heteroatoms. The van der Waals surface area contributed by atoms with E-state index in [1.165, 1.54) is 0 Å². The molecule has 0 atom stereocenters. The Balaban J connectivity index is 1.93.